The van der Waals surface area contributed by atoms with Crippen molar-refractivity contribution in [2.45, 2.75) is 20.0 Å². The normalized spacial score (nSPS) is 11.6. The molecule has 120 valence electrons. The number of nitrogens with one attached hydrogen (secondary N) is 1. The number of carbonyl (C=O) groups excluding carboxylic acids is 2. The van der Waals surface area contributed by atoms with Gasteiger partial charge in [-0.15, -0.1) is 0 Å². The minimum Gasteiger partial charge on any atom is -0.507 e. The summed E-state index contributed by atoms with van der Waals surface area (Å²) in [6.45, 7) is 3.15. The first-order chi connectivity index (χ1) is 10.9. The van der Waals surface area contributed by atoms with Gasteiger partial charge in [0.15, 0.2) is 6.10 Å². The van der Waals surface area contributed by atoms with Gasteiger partial charge in [0, 0.05) is 5.69 Å². The summed E-state index contributed by atoms with van der Waals surface area (Å²) < 4.78 is 18.1. The Labute approximate surface area is 132 Å². The number of anilines is 1. The fourth-order valence-electron chi connectivity index (χ4n) is 1.90. The van der Waals surface area contributed by atoms with E-state index >= 15 is 0 Å². The van der Waals surface area contributed by atoms with Crippen molar-refractivity contribution in [2.24, 2.45) is 0 Å². The molecule has 2 aromatic rings. The van der Waals surface area contributed by atoms with E-state index in [-0.39, 0.29) is 17.0 Å². The van der Waals surface area contributed by atoms with E-state index in [1.807, 2.05) is 0 Å². The van der Waals surface area contributed by atoms with Crippen molar-refractivity contribution in [2.75, 3.05) is 5.32 Å². The highest BCUT2D eigenvalue weighted by Crippen LogP contribution is 2.20. The number of ether oxygens (including phenoxy) is 1. The minimum absolute atomic E-state index is 0.0268. The fraction of sp³-hybridized carbons (Fsp3) is 0.176. The average Bonchev–Trinajstić information content (AvgIpc) is 2.46. The van der Waals surface area contributed by atoms with E-state index in [1.165, 1.54) is 37.3 Å². The molecule has 0 saturated heterocycles. The Balaban J connectivity index is 2.01. The highest BCUT2D eigenvalue weighted by Gasteiger charge is 2.21. The van der Waals surface area contributed by atoms with Crippen molar-refractivity contribution in [3.8, 4) is 5.75 Å². The number of phenols is 1. The lowest BCUT2D eigenvalue weighted by Gasteiger charge is -2.14. The SMILES string of the molecule is Cc1ccc(C(=O)O[C@@H](C)C(=O)Nc2cccc(F)c2)c(O)c1. The van der Waals surface area contributed by atoms with Crippen LogP contribution < -0.4 is 5.32 Å². The van der Waals surface area contributed by atoms with E-state index in [9.17, 15) is 19.1 Å². The number of hydrogen-bond donors (Lipinski definition) is 2. The number of aryl methyl sites for hydroxylation is 1. The number of aromatic hydroxyl groups is 1. The number of amides is 1. The van der Waals surface area contributed by atoms with E-state index in [0.29, 0.717) is 0 Å². The van der Waals surface area contributed by atoms with E-state index in [1.54, 1.807) is 13.0 Å². The van der Waals surface area contributed by atoms with E-state index in [2.05, 4.69) is 5.32 Å². The van der Waals surface area contributed by atoms with Gasteiger partial charge in [-0.3, -0.25) is 4.79 Å². The summed E-state index contributed by atoms with van der Waals surface area (Å²) in [5, 5.41) is 12.2. The van der Waals surface area contributed by atoms with Crippen LogP contribution in [0.5, 0.6) is 5.75 Å². The summed E-state index contributed by atoms with van der Waals surface area (Å²) >= 11 is 0. The second-order valence-electron chi connectivity index (χ2n) is 5.07. The zero-order chi connectivity index (χ0) is 17.0. The van der Waals surface area contributed by atoms with Crippen LogP contribution >= 0.6 is 0 Å². The Bertz CT molecular complexity index is 745. The van der Waals surface area contributed by atoms with Crippen LogP contribution in [0.15, 0.2) is 42.5 Å². The minimum atomic E-state index is -1.11. The number of carbonyl (C=O) groups is 2. The lowest BCUT2D eigenvalue weighted by molar-refractivity contribution is -0.123. The van der Waals surface area contributed by atoms with Gasteiger partial charge in [-0.25, -0.2) is 9.18 Å². The van der Waals surface area contributed by atoms with Crippen molar-refractivity contribution in [1.82, 2.24) is 0 Å². The number of rotatable bonds is 4. The van der Waals surface area contributed by atoms with E-state index < -0.39 is 23.8 Å². The Morgan fingerprint density at radius 2 is 1.96 bits per heavy atom. The summed E-state index contributed by atoms with van der Waals surface area (Å²) in [4.78, 5) is 23.9. The van der Waals surface area contributed by atoms with Crippen LogP contribution in [-0.2, 0) is 9.53 Å². The number of benzene rings is 2. The van der Waals surface area contributed by atoms with E-state index in [4.69, 9.17) is 4.74 Å². The number of phenolic OH excluding ortho intramolecular Hbond substituents is 1. The second kappa shape index (κ2) is 6.91. The van der Waals surface area contributed by atoms with Crippen molar-refractivity contribution < 1.29 is 23.8 Å². The first kappa shape index (κ1) is 16.5. The van der Waals surface area contributed by atoms with Gasteiger partial charge in [-0.05, 0) is 49.7 Å². The molecule has 0 spiro atoms. The molecular weight excluding hydrogens is 301 g/mol. The van der Waals surface area contributed by atoms with Gasteiger partial charge in [0.05, 0.1) is 0 Å². The molecular formula is C17H16FNO4. The molecule has 0 heterocycles. The molecule has 2 aromatic carbocycles. The number of halogens is 1. The monoisotopic (exact) mass is 317 g/mol. The standard InChI is InChI=1S/C17H16FNO4/c1-10-6-7-14(15(20)8-10)17(22)23-11(2)16(21)19-13-5-3-4-12(18)9-13/h3-9,11,20H,1-2H3,(H,19,21)/t11-/m0/s1. The molecule has 0 aliphatic heterocycles. The van der Waals surface area contributed by atoms with Crippen LogP contribution in [-0.4, -0.2) is 23.1 Å². The molecule has 0 fully saturated rings. The molecule has 1 amide bonds. The highest BCUT2D eigenvalue weighted by molar-refractivity contribution is 5.98. The molecule has 23 heavy (non-hydrogen) atoms. The molecule has 0 radical (unpaired) electrons. The Morgan fingerprint density at radius 3 is 2.61 bits per heavy atom. The molecule has 0 bridgehead atoms. The Kier molecular flexibility index (Phi) is 4.95. The van der Waals surface area contributed by atoms with Crippen LogP contribution in [0.1, 0.15) is 22.8 Å². The zero-order valence-electron chi connectivity index (χ0n) is 12.7. The Hall–Kier alpha value is -2.89. The van der Waals surface area contributed by atoms with Crippen LogP contribution in [0.2, 0.25) is 0 Å². The number of esters is 1. The van der Waals surface area contributed by atoms with Crippen molar-refractivity contribution in [1.29, 1.82) is 0 Å². The predicted octanol–water partition coefficient (Wildman–Crippen LogP) is 3.02. The van der Waals surface area contributed by atoms with Gasteiger partial charge in [-0.2, -0.15) is 0 Å². The van der Waals surface area contributed by atoms with Crippen molar-refractivity contribution in [3.05, 3.63) is 59.4 Å². The molecule has 2 N–H and O–H groups in total. The number of hydrogen-bond acceptors (Lipinski definition) is 4. The lowest BCUT2D eigenvalue weighted by atomic mass is 10.1. The van der Waals surface area contributed by atoms with Crippen LogP contribution in [0, 0.1) is 12.7 Å². The zero-order valence-corrected chi connectivity index (χ0v) is 12.7. The highest BCUT2D eigenvalue weighted by atomic mass is 19.1. The molecule has 0 unspecified atom stereocenters. The van der Waals surface area contributed by atoms with Gasteiger partial charge in [0.25, 0.3) is 5.91 Å². The van der Waals surface area contributed by atoms with Gasteiger partial charge in [-0.1, -0.05) is 12.1 Å². The molecule has 0 aliphatic rings. The van der Waals surface area contributed by atoms with Crippen molar-refractivity contribution >= 4 is 17.6 Å². The summed E-state index contributed by atoms with van der Waals surface area (Å²) in [5.41, 5.74) is 1.02. The molecule has 0 aliphatic carbocycles. The maximum Gasteiger partial charge on any atom is 0.342 e. The molecule has 2 rings (SSSR count). The summed E-state index contributed by atoms with van der Waals surface area (Å²) in [5.74, 6) is -2.12. The average molecular weight is 317 g/mol. The predicted molar refractivity (Wildman–Crippen MR) is 82.8 cm³/mol. The van der Waals surface area contributed by atoms with Crippen LogP contribution in [0.3, 0.4) is 0 Å². The van der Waals surface area contributed by atoms with Crippen LogP contribution in [0.25, 0.3) is 0 Å². The first-order valence-electron chi connectivity index (χ1n) is 6.94. The largest absolute Gasteiger partial charge is 0.507 e. The molecule has 0 saturated carbocycles. The maximum absolute atomic E-state index is 13.1. The first-order valence-corrected chi connectivity index (χ1v) is 6.94. The topological polar surface area (TPSA) is 75.6 Å². The molecule has 5 nitrogen and oxygen atoms in total. The summed E-state index contributed by atoms with van der Waals surface area (Å²) in [6, 6.07) is 9.86. The fourth-order valence-corrected chi connectivity index (χ4v) is 1.90. The van der Waals surface area contributed by atoms with Gasteiger partial charge in [0.1, 0.15) is 17.1 Å². The third-order valence-corrected chi connectivity index (χ3v) is 3.12. The Morgan fingerprint density at radius 1 is 1.22 bits per heavy atom. The second-order valence-corrected chi connectivity index (χ2v) is 5.07. The lowest BCUT2D eigenvalue weighted by Crippen LogP contribution is -2.30. The summed E-state index contributed by atoms with van der Waals surface area (Å²) in [6.07, 6.45) is -1.11. The van der Waals surface area contributed by atoms with E-state index in [0.717, 1.165) is 11.6 Å². The molecule has 0 aromatic heterocycles. The van der Waals surface area contributed by atoms with Crippen molar-refractivity contribution in [3.63, 3.8) is 0 Å². The summed E-state index contributed by atoms with van der Waals surface area (Å²) in [7, 11) is 0. The quantitative estimate of drug-likeness (QED) is 0.850. The maximum atomic E-state index is 13.1. The van der Waals surface area contributed by atoms with Gasteiger partial charge in [0.2, 0.25) is 0 Å². The smallest absolute Gasteiger partial charge is 0.342 e. The molecule has 1 atom stereocenters. The van der Waals surface area contributed by atoms with Gasteiger partial charge >= 0.3 is 5.97 Å². The molecule has 6 heteroatoms. The third-order valence-electron chi connectivity index (χ3n) is 3.12. The third kappa shape index (κ3) is 4.29. The van der Waals surface area contributed by atoms with Gasteiger partial charge < -0.3 is 15.2 Å². The van der Waals surface area contributed by atoms with Crippen LogP contribution in [0.4, 0.5) is 10.1 Å².